The zero-order valence-corrected chi connectivity index (χ0v) is 9.50. The van der Waals surface area contributed by atoms with Crippen molar-refractivity contribution in [1.82, 2.24) is 0 Å². The highest BCUT2D eigenvalue weighted by Gasteiger charge is 2.12. The molecule has 0 saturated carbocycles. The van der Waals surface area contributed by atoms with E-state index in [0.717, 1.165) is 6.42 Å². The molecule has 0 unspecified atom stereocenters. The minimum Gasteiger partial charge on any atom is -0.492 e. The van der Waals surface area contributed by atoms with E-state index in [4.69, 9.17) is 38.0 Å². The van der Waals surface area contributed by atoms with Crippen molar-refractivity contribution in [3.8, 4) is 5.75 Å². The molecule has 0 atom stereocenters. The van der Waals surface area contributed by atoms with Gasteiger partial charge < -0.3 is 14.8 Å². The van der Waals surface area contributed by atoms with Crippen LogP contribution >= 0.6 is 23.2 Å². The van der Waals surface area contributed by atoms with Crippen molar-refractivity contribution >= 4 is 35.8 Å². The zero-order valence-electron chi connectivity index (χ0n) is 7.99. The van der Waals surface area contributed by atoms with Crippen LogP contribution in [-0.4, -0.2) is 29.7 Å². The summed E-state index contributed by atoms with van der Waals surface area (Å²) in [7, 11) is -1.51. The lowest BCUT2D eigenvalue weighted by molar-refractivity contribution is 0.318. The summed E-state index contributed by atoms with van der Waals surface area (Å²) in [6, 6.07) is 4.61. The van der Waals surface area contributed by atoms with Crippen molar-refractivity contribution in [2.75, 3.05) is 12.5 Å². The van der Waals surface area contributed by atoms with Crippen LogP contribution < -0.4 is 10.2 Å². The van der Waals surface area contributed by atoms with Crippen LogP contribution in [0.4, 0.5) is 0 Å². The fourth-order valence-electron chi connectivity index (χ4n) is 1.03. The van der Waals surface area contributed by atoms with Gasteiger partial charge in [-0.15, -0.1) is 11.6 Å². The first-order valence-electron chi connectivity index (χ1n) is 4.49. The van der Waals surface area contributed by atoms with Gasteiger partial charge in [-0.25, -0.2) is 0 Å². The van der Waals surface area contributed by atoms with E-state index in [1.54, 1.807) is 12.1 Å². The van der Waals surface area contributed by atoms with Gasteiger partial charge in [0.1, 0.15) is 5.75 Å². The van der Waals surface area contributed by atoms with Gasteiger partial charge in [0.25, 0.3) is 0 Å². The minimum absolute atomic E-state index is 0.338. The van der Waals surface area contributed by atoms with Crippen molar-refractivity contribution in [2.24, 2.45) is 0 Å². The summed E-state index contributed by atoms with van der Waals surface area (Å²) >= 11 is 11.4. The molecule has 0 bridgehead atoms. The Balaban J connectivity index is 2.66. The highest BCUT2D eigenvalue weighted by atomic mass is 35.5. The predicted molar refractivity (Wildman–Crippen MR) is 62.1 cm³/mol. The molecule has 1 aromatic rings. The van der Waals surface area contributed by atoms with Crippen molar-refractivity contribution < 1.29 is 14.8 Å². The normalized spacial score (nSPS) is 10.1. The summed E-state index contributed by atoms with van der Waals surface area (Å²) in [4.78, 5) is 0. The summed E-state index contributed by atoms with van der Waals surface area (Å²) in [6.07, 6.45) is 0.738. The molecule has 2 N–H and O–H groups in total. The Morgan fingerprint density at radius 3 is 2.60 bits per heavy atom. The summed E-state index contributed by atoms with van der Waals surface area (Å²) in [5.74, 6) is 1.05. The fraction of sp³-hybridized carbons (Fsp3) is 0.333. The molecular formula is C9H11BCl2O3. The van der Waals surface area contributed by atoms with Crippen LogP contribution in [0.15, 0.2) is 18.2 Å². The molecule has 15 heavy (non-hydrogen) atoms. The number of hydrogen-bond acceptors (Lipinski definition) is 3. The molecule has 1 rings (SSSR count). The quantitative estimate of drug-likeness (QED) is 0.465. The monoisotopic (exact) mass is 248 g/mol. The van der Waals surface area contributed by atoms with Gasteiger partial charge in [0.15, 0.2) is 0 Å². The maximum absolute atomic E-state index is 8.89. The zero-order chi connectivity index (χ0) is 11.3. The van der Waals surface area contributed by atoms with Crippen molar-refractivity contribution in [1.29, 1.82) is 0 Å². The molecule has 0 aliphatic carbocycles. The van der Waals surface area contributed by atoms with Crippen LogP contribution in [-0.2, 0) is 0 Å². The van der Waals surface area contributed by atoms with Crippen LogP contribution in [0.2, 0.25) is 5.02 Å². The van der Waals surface area contributed by atoms with E-state index in [0.29, 0.717) is 28.7 Å². The Labute approximate surface area is 98.7 Å². The second-order valence-corrected chi connectivity index (χ2v) is 3.74. The molecule has 0 saturated heterocycles. The first kappa shape index (κ1) is 12.7. The van der Waals surface area contributed by atoms with Gasteiger partial charge in [0.05, 0.1) is 11.6 Å². The molecule has 0 aliphatic heterocycles. The van der Waals surface area contributed by atoms with Gasteiger partial charge in [-0.3, -0.25) is 0 Å². The molecule has 0 aromatic heterocycles. The summed E-state index contributed by atoms with van der Waals surface area (Å²) in [6.45, 7) is 0.490. The molecule has 0 heterocycles. The molecule has 0 spiro atoms. The van der Waals surface area contributed by atoms with Crippen LogP contribution in [0, 0.1) is 0 Å². The van der Waals surface area contributed by atoms with E-state index in [9.17, 15) is 0 Å². The first-order valence-corrected chi connectivity index (χ1v) is 5.40. The molecule has 82 valence electrons. The number of ether oxygens (including phenoxy) is 1. The number of benzene rings is 1. The van der Waals surface area contributed by atoms with Crippen LogP contribution in [0.3, 0.4) is 0 Å². The topological polar surface area (TPSA) is 49.7 Å². The molecule has 1 aromatic carbocycles. The number of alkyl halides is 1. The standard InChI is InChI=1S/C9H11BCl2O3/c11-4-1-5-15-9-3-2-7(10(13)14)6-8(9)12/h2-3,6,13-14H,1,4-5H2. The third-order valence-corrected chi connectivity index (χ3v) is 2.35. The van der Waals surface area contributed by atoms with E-state index in [2.05, 4.69) is 0 Å². The third kappa shape index (κ3) is 3.91. The Morgan fingerprint density at radius 2 is 2.07 bits per heavy atom. The van der Waals surface area contributed by atoms with Gasteiger partial charge in [-0.2, -0.15) is 0 Å². The van der Waals surface area contributed by atoms with Crippen molar-refractivity contribution in [2.45, 2.75) is 6.42 Å². The van der Waals surface area contributed by atoms with Crippen LogP contribution in [0.5, 0.6) is 5.75 Å². The predicted octanol–water partition coefficient (Wildman–Crippen LogP) is 1.03. The second kappa shape index (κ2) is 6.23. The van der Waals surface area contributed by atoms with E-state index in [-0.39, 0.29) is 0 Å². The molecule has 0 amide bonds. The van der Waals surface area contributed by atoms with E-state index >= 15 is 0 Å². The maximum Gasteiger partial charge on any atom is 0.488 e. The van der Waals surface area contributed by atoms with Crippen LogP contribution in [0.25, 0.3) is 0 Å². The molecule has 0 aliphatic rings. The second-order valence-electron chi connectivity index (χ2n) is 2.95. The van der Waals surface area contributed by atoms with Gasteiger partial charge in [0.2, 0.25) is 0 Å². The average molecular weight is 249 g/mol. The molecule has 0 radical (unpaired) electrons. The largest absolute Gasteiger partial charge is 0.492 e. The van der Waals surface area contributed by atoms with Crippen LogP contribution in [0.1, 0.15) is 6.42 Å². The SMILES string of the molecule is OB(O)c1ccc(OCCCCl)c(Cl)c1. The van der Waals surface area contributed by atoms with Gasteiger partial charge >= 0.3 is 7.12 Å². The lowest BCUT2D eigenvalue weighted by atomic mass is 9.80. The summed E-state index contributed by atoms with van der Waals surface area (Å²) in [5.41, 5.74) is 0.338. The Morgan fingerprint density at radius 1 is 1.33 bits per heavy atom. The number of rotatable bonds is 5. The van der Waals surface area contributed by atoms with E-state index < -0.39 is 7.12 Å². The minimum atomic E-state index is -1.51. The fourth-order valence-corrected chi connectivity index (χ4v) is 1.38. The number of hydrogen-bond donors (Lipinski definition) is 2. The average Bonchev–Trinajstić information content (AvgIpc) is 2.20. The van der Waals surface area contributed by atoms with Crippen molar-refractivity contribution in [3.63, 3.8) is 0 Å². The lowest BCUT2D eigenvalue weighted by Gasteiger charge is -2.08. The molecule has 0 fully saturated rings. The highest BCUT2D eigenvalue weighted by molar-refractivity contribution is 6.59. The lowest BCUT2D eigenvalue weighted by Crippen LogP contribution is -2.29. The number of halogens is 2. The summed E-state index contributed by atoms with van der Waals surface area (Å²) < 4.78 is 5.33. The molecule has 6 heteroatoms. The summed E-state index contributed by atoms with van der Waals surface area (Å²) in [5, 5.41) is 18.1. The Bertz CT molecular complexity index is 320. The first-order chi connectivity index (χ1) is 7.15. The highest BCUT2D eigenvalue weighted by Crippen LogP contribution is 2.22. The van der Waals surface area contributed by atoms with Gasteiger partial charge in [-0.05, 0) is 24.0 Å². The molecule has 3 nitrogen and oxygen atoms in total. The maximum atomic E-state index is 8.89. The van der Waals surface area contributed by atoms with Gasteiger partial charge in [0, 0.05) is 5.88 Å². The van der Waals surface area contributed by atoms with Crippen molar-refractivity contribution in [3.05, 3.63) is 23.2 Å². The molecular weight excluding hydrogens is 238 g/mol. The van der Waals surface area contributed by atoms with E-state index in [1.807, 2.05) is 0 Å². The Hall–Kier alpha value is -0.415. The van der Waals surface area contributed by atoms with Gasteiger partial charge in [-0.1, -0.05) is 17.7 Å². The smallest absolute Gasteiger partial charge is 0.488 e. The third-order valence-electron chi connectivity index (χ3n) is 1.79. The Kier molecular flexibility index (Phi) is 5.25. The van der Waals surface area contributed by atoms with E-state index in [1.165, 1.54) is 6.07 Å².